The van der Waals surface area contributed by atoms with Crippen LogP contribution >= 0.6 is 23.1 Å². The van der Waals surface area contributed by atoms with Gasteiger partial charge in [-0.3, -0.25) is 14.6 Å². The highest BCUT2D eigenvalue weighted by Crippen LogP contribution is 2.44. The molecule has 0 aliphatic carbocycles. The van der Waals surface area contributed by atoms with E-state index in [0.29, 0.717) is 55.5 Å². The monoisotopic (exact) mass is 592 g/mol. The van der Waals surface area contributed by atoms with Gasteiger partial charge in [-0.1, -0.05) is 0 Å². The van der Waals surface area contributed by atoms with Gasteiger partial charge >= 0.3 is 0 Å². The molecule has 3 aromatic heterocycles. The van der Waals surface area contributed by atoms with Crippen LogP contribution in [0.4, 0.5) is 23.1 Å². The predicted octanol–water partition coefficient (Wildman–Crippen LogP) is 5.05. The number of ether oxygens (including phenoxy) is 2. The number of benzene rings is 2. The van der Waals surface area contributed by atoms with Crippen molar-refractivity contribution in [1.82, 2.24) is 29.7 Å². The number of nitrogens with one attached hydrogen (secondary N) is 2. The zero-order valence-electron chi connectivity index (χ0n) is 20.6. The third-order valence-corrected chi connectivity index (χ3v) is 8.02. The average molecular weight is 593 g/mol. The standard InChI is InChI=1S/C25H22BrN8O3P/c1-34-12-15(10-30-34)14-8-19(22-20(9-14)36-13-37-22)32-25-29-11-16(26)24(33-25)31-18-5-4-17-21(28-7-6-27-17)23(18)38(2,3)35/h4-12H,13H2,1-3H3,(H2,29,31,32,33). The van der Waals surface area contributed by atoms with E-state index in [1.165, 1.54) is 0 Å². The Morgan fingerprint density at radius 2 is 1.84 bits per heavy atom. The van der Waals surface area contributed by atoms with Gasteiger partial charge in [0, 0.05) is 37.4 Å². The lowest BCUT2D eigenvalue weighted by Gasteiger charge is -2.17. The molecule has 1 aliphatic heterocycles. The molecule has 11 nitrogen and oxygen atoms in total. The molecular weight excluding hydrogens is 571 g/mol. The van der Waals surface area contributed by atoms with Crippen LogP contribution in [-0.2, 0) is 11.6 Å². The minimum atomic E-state index is -2.74. The minimum Gasteiger partial charge on any atom is -0.453 e. The summed E-state index contributed by atoms with van der Waals surface area (Å²) in [6, 6.07) is 7.52. The first kappa shape index (κ1) is 24.3. The lowest BCUT2D eigenvalue weighted by molar-refractivity contribution is 0.174. The summed E-state index contributed by atoms with van der Waals surface area (Å²) in [4.78, 5) is 17.9. The first-order chi connectivity index (χ1) is 18.3. The quantitative estimate of drug-likeness (QED) is 0.258. The summed E-state index contributed by atoms with van der Waals surface area (Å²) in [5.74, 6) is 2.01. The van der Waals surface area contributed by atoms with Gasteiger partial charge in [-0.05, 0) is 59.1 Å². The molecule has 5 aromatic rings. The predicted molar refractivity (Wildman–Crippen MR) is 150 cm³/mol. The fraction of sp³-hybridized carbons (Fsp3) is 0.160. The number of nitrogens with zero attached hydrogens (tertiary/aromatic N) is 6. The first-order valence-corrected chi connectivity index (χ1v) is 14.9. The van der Waals surface area contributed by atoms with Crippen molar-refractivity contribution in [2.45, 2.75) is 0 Å². The van der Waals surface area contributed by atoms with E-state index >= 15 is 0 Å². The molecule has 0 radical (unpaired) electrons. The summed E-state index contributed by atoms with van der Waals surface area (Å²) in [6.07, 6.45) is 8.55. The molecule has 0 saturated carbocycles. The lowest BCUT2D eigenvalue weighted by Crippen LogP contribution is -2.14. The van der Waals surface area contributed by atoms with Crippen LogP contribution in [-0.4, -0.2) is 49.8 Å². The van der Waals surface area contributed by atoms with Gasteiger partial charge in [0.15, 0.2) is 11.5 Å². The maximum absolute atomic E-state index is 13.3. The molecule has 0 fully saturated rings. The topological polar surface area (TPSA) is 129 Å². The van der Waals surface area contributed by atoms with Crippen molar-refractivity contribution in [3.05, 3.63) is 59.7 Å². The van der Waals surface area contributed by atoms with Crippen molar-refractivity contribution < 1.29 is 14.0 Å². The second-order valence-electron chi connectivity index (χ2n) is 9.04. The summed E-state index contributed by atoms with van der Waals surface area (Å²) in [5.41, 5.74) is 4.39. The molecule has 192 valence electrons. The van der Waals surface area contributed by atoms with Crippen LogP contribution in [0, 0.1) is 0 Å². The number of fused-ring (bicyclic) bond motifs is 2. The molecular formula is C25H22BrN8O3P. The summed E-state index contributed by atoms with van der Waals surface area (Å²) in [5, 5.41) is 11.4. The van der Waals surface area contributed by atoms with E-state index in [9.17, 15) is 4.57 Å². The Morgan fingerprint density at radius 3 is 2.63 bits per heavy atom. The third kappa shape index (κ3) is 4.57. The fourth-order valence-corrected chi connectivity index (χ4v) is 5.95. The van der Waals surface area contributed by atoms with Crippen molar-refractivity contribution >= 4 is 62.6 Å². The van der Waals surface area contributed by atoms with E-state index in [0.717, 1.165) is 11.1 Å². The van der Waals surface area contributed by atoms with Gasteiger partial charge in [0.2, 0.25) is 12.7 Å². The Hall–Kier alpha value is -4.02. The summed E-state index contributed by atoms with van der Waals surface area (Å²) in [6.45, 7) is 3.54. The molecule has 2 N–H and O–H groups in total. The maximum atomic E-state index is 13.3. The zero-order valence-corrected chi connectivity index (χ0v) is 23.1. The zero-order chi connectivity index (χ0) is 26.4. The number of aromatic nitrogens is 6. The molecule has 4 heterocycles. The van der Waals surface area contributed by atoms with Crippen molar-refractivity contribution in [2.75, 3.05) is 30.8 Å². The minimum absolute atomic E-state index is 0.121. The molecule has 0 amide bonds. The molecule has 0 atom stereocenters. The molecule has 1 aliphatic rings. The van der Waals surface area contributed by atoms with E-state index in [1.54, 1.807) is 42.8 Å². The van der Waals surface area contributed by atoms with Crippen LogP contribution in [0.3, 0.4) is 0 Å². The van der Waals surface area contributed by atoms with Gasteiger partial charge in [-0.25, -0.2) is 4.98 Å². The van der Waals surface area contributed by atoms with Crippen LogP contribution < -0.4 is 25.4 Å². The van der Waals surface area contributed by atoms with E-state index in [1.807, 2.05) is 37.5 Å². The van der Waals surface area contributed by atoms with Gasteiger partial charge < -0.3 is 24.7 Å². The Morgan fingerprint density at radius 1 is 1.00 bits per heavy atom. The summed E-state index contributed by atoms with van der Waals surface area (Å²) in [7, 11) is -0.874. The highest BCUT2D eigenvalue weighted by atomic mass is 79.9. The number of aryl methyl sites for hydroxylation is 1. The highest BCUT2D eigenvalue weighted by molar-refractivity contribution is 9.10. The maximum Gasteiger partial charge on any atom is 0.231 e. The largest absolute Gasteiger partial charge is 0.453 e. The van der Waals surface area contributed by atoms with Crippen molar-refractivity contribution in [1.29, 1.82) is 0 Å². The number of anilines is 4. The van der Waals surface area contributed by atoms with Gasteiger partial charge in [0.05, 0.1) is 32.9 Å². The Labute approximate surface area is 226 Å². The molecule has 0 bridgehead atoms. The van der Waals surface area contributed by atoms with E-state index in [-0.39, 0.29) is 6.79 Å². The summed E-state index contributed by atoms with van der Waals surface area (Å²) < 4.78 is 27.0. The number of halogens is 1. The molecule has 0 saturated heterocycles. The fourth-order valence-electron chi connectivity index (χ4n) is 4.27. The smallest absolute Gasteiger partial charge is 0.231 e. The molecule has 38 heavy (non-hydrogen) atoms. The van der Waals surface area contributed by atoms with Crippen molar-refractivity contribution in [3.63, 3.8) is 0 Å². The lowest BCUT2D eigenvalue weighted by atomic mass is 10.1. The SMILES string of the molecule is Cn1cc(-c2cc(Nc3ncc(Br)c(Nc4ccc5nccnc5c4P(C)(C)=O)n3)c3c(c2)OCO3)cn1. The average Bonchev–Trinajstić information content (AvgIpc) is 3.54. The van der Waals surface area contributed by atoms with Gasteiger partial charge in [-0.15, -0.1) is 0 Å². The Bertz CT molecular complexity index is 1750. The third-order valence-electron chi connectivity index (χ3n) is 5.91. The number of hydrogen-bond donors (Lipinski definition) is 2. The summed E-state index contributed by atoms with van der Waals surface area (Å²) >= 11 is 3.53. The second-order valence-corrected chi connectivity index (χ2v) is 13.0. The Kier molecular flexibility index (Phi) is 6.00. The molecule has 0 unspecified atom stereocenters. The van der Waals surface area contributed by atoms with Crippen molar-refractivity contribution in [3.8, 4) is 22.6 Å². The molecule has 13 heteroatoms. The molecule has 2 aromatic carbocycles. The van der Waals surface area contributed by atoms with E-state index < -0.39 is 7.14 Å². The highest BCUT2D eigenvalue weighted by Gasteiger charge is 2.24. The van der Waals surface area contributed by atoms with Gasteiger partial charge in [0.1, 0.15) is 18.5 Å². The van der Waals surface area contributed by atoms with Crippen LogP contribution in [0.5, 0.6) is 11.5 Å². The van der Waals surface area contributed by atoms with Crippen LogP contribution in [0.15, 0.2) is 59.7 Å². The molecule has 0 spiro atoms. The van der Waals surface area contributed by atoms with Crippen LogP contribution in [0.25, 0.3) is 22.2 Å². The van der Waals surface area contributed by atoms with Gasteiger partial charge in [0.25, 0.3) is 0 Å². The van der Waals surface area contributed by atoms with Crippen molar-refractivity contribution in [2.24, 2.45) is 7.05 Å². The number of hydrogen-bond acceptors (Lipinski definition) is 10. The van der Waals surface area contributed by atoms with Gasteiger partial charge in [-0.2, -0.15) is 10.1 Å². The molecule has 6 rings (SSSR count). The van der Waals surface area contributed by atoms with Crippen LogP contribution in [0.2, 0.25) is 0 Å². The van der Waals surface area contributed by atoms with E-state index in [4.69, 9.17) is 9.47 Å². The number of rotatable bonds is 6. The van der Waals surface area contributed by atoms with E-state index in [2.05, 4.69) is 51.6 Å². The first-order valence-electron chi connectivity index (χ1n) is 11.5. The van der Waals surface area contributed by atoms with Crippen LogP contribution in [0.1, 0.15) is 0 Å². The Balaban J connectivity index is 1.37. The second kappa shape index (κ2) is 9.38. The normalized spacial score (nSPS) is 12.6.